The van der Waals surface area contributed by atoms with Crippen LogP contribution >= 0.6 is 0 Å². The van der Waals surface area contributed by atoms with E-state index in [4.69, 9.17) is 0 Å². The van der Waals surface area contributed by atoms with Crippen LogP contribution in [0.3, 0.4) is 0 Å². The van der Waals surface area contributed by atoms with E-state index in [1.807, 2.05) is 0 Å². The highest BCUT2D eigenvalue weighted by Crippen LogP contribution is 2.15. The first-order valence-electron chi connectivity index (χ1n) is 6.74. The lowest BCUT2D eigenvalue weighted by atomic mass is 9.92. The minimum Gasteiger partial charge on any atom is -0.354 e. The van der Waals surface area contributed by atoms with E-state index in [1.54, 1.807) is 0 Å². The average Bonchev–Trinajstić information content (AvgIpc) is 2.87. The molecule has 0 saturated carbocycles. The van der Waals surface area contributed by atoms with Crippen molar-refractivity contribution >= 4 is 11.6 Å². The lowest BCUT2D eigenvalue weighted by Gasteiger charge is -2.27. The Balaban J connectivity index is 1.74. The molecule has 8 heteroatoms. The molecule has 2 rings (SSSR count). The minimum absolute atomic E-state index is 0.0384. The Morgan fingerprint density at radius 3 is 3.15 bits per heavy atom. The molecular weight excluding hydrogens is 262 g/mol. The summed E-state index contributed by atoms with van der Waals surface area (Å²) < 4.78 is 1.46. The molecule has 1 saturated heterocycles. The van der Waals surface area contributed by atoms with Crippen LogP contribution < -0.4 is 10.6 Å². The Bertz CT molecular complexity index is 487. The van der Waals surface area contributed by atoms with Crippen LogP contribution in [0.2, 0.25) is 0 Å². The van der Waals surface area contributed by atoms with Gasteiger partial charge in [-0.25, -0.2) is 0 Å². The van der Waals surface area contributed by atoms with Crippen LogP contribution in [0.15, 0.2) is 12.4 Å². The van der Waals surface area contributed by atoms with Crippen LogP contribution in [0, 0.1) is 16.0 Å². The third-order valence-corrected chi connectivity index (χ3v) is 3.47. The molecule has 1 aliphatic heterocycles. The van der Waals surface area contributed by atoms with Gasteiger partial charge in [0, 0.05) is 18.5 Å². The third kappa shape index (κ3) is 3.77. The summed E-state index contributed by atoms with van der Waals surface area (Å²) in [6.45, 7) is 3.79. The minimum atomic E-state index is -0.488. The zero-order valence-corrected chi connectivity index (χ0v) is 11.4. The van der Waals surface area contributed by atoms with E-state index in [2.05, 4.69) is 22.7 Å². The van der Waals surface area contributed by atoms with E-state index in [1.165, 1.54) is 17.1 Å². The molecule has 0 bridgehead atoms. The summed E-state index contributed by atoms with van der Waals surface area (Å²) in [5.41, 5.74) is -0.0384. The first-order chi connectivity index (χ1) is 9.56. The number of piperidine rings is 1. The number of amides is 1. The number of rotatable bonds is 5. The molecule has 2 N–H and O–H groups in total. The smallest absolute Gasteiger partial charge is 0.306 e. The van der Waals surface area contributed by atoms with Gasteiger partial charge in [0.2, 0.25) is 5.91 Å². The van der Waals surface area contributed by atoms with Crippen molar-refractivity contribution in [2.45, 2.75) is 32.4 Å². The monoisotopic (exact) mass is 281 g/mol. The average molecular weight is 281 g/mol. The number of nitrogens with one attached hydrogen (secondary N) is 2. The molecule has 2 atom stereocenters. The molecule has 0 aromatic carbocycles. The van der Waals surface area contributed by atoms with E-state index < -0.39 is 4.92 Å². The second kappa shape index (κ2) is 6.47. The number of hydrogen-bond acceptors (Lipinski definition) is 5. The van der Waals surface area contributed by atoms with E-state index >= 15 is 0 Å². The summed E-state index contributed by atoms with van der Waals surface area (Å²) in [6, 6.07) is 0.369. The number of carbonyl (C=O) groups is 1. The van der Waals surface area contributed by atoms with Gasteiger partial charge < -0.3 is 10.6 Å². The molecule has 1 fully saturated rings. The SMILES string of the molecule is C[C@H]1C[C@@H](C(=O)NCCn2cc([N+](=O)[O-])cn2)CCN1. The van der Waals surface area contributed by atoms with Crippen molar-refractivity contribution in [3.05, 3.63) is 22.5 Å². The second-order valence-corrected chi connectivity index (χ2v) is 5.09. The molecular formula is C12H19N5O3. The molecule has 8 nitrogen and oxygen atoms in total. The van der Waals surface area contributed by atoms with Gasteiger partial charge in [-0.15, -0.1) is 0 Å². The molecule has 0 spiro atoms. The Labute approximate surface area is 116 Å². The van der Waals surface area contributed by atoms with Crippen molar-refractivity contribution in [3.8, 4) is 0 Å². The molecule has 1 aromatic heterocycles. The zero-order valence-electron chi connectivity index (χ0n) is 11.4. The van der Waals surface area contributed by atoms with Crippen LogP contribution in [0.25, 0.3) is 0 Å². The first-order valence-corrected chi connectivity index (χ1v) is 6.74. The fourth-order valence-corrected chi connectivity index (χ4v) is 2.38. The molecule has 1 aromatic rings. The summed E-state index contributed by atoms with van der Waals surface area (Å²) in [7, 11) is 0. The number of aromatic nitrogens is 2. The molecule has 2 heterocycles. The maximum Gasteiger partial charge on any atom is 0.306 e. The number of nitrogens with zero attached hydrogens (tertiary/aromatic N) is 3. The first kappa shape index (κ1) is 14.4. The molecule has 1 aliphatic rings. The topological polar surface area (TPSA) is 102 Å². The molecule has 110 valence electrons. The molecule has 0 radical (unpaired) electrons. The number of hydrogen-bond donors (Lipinski definition) is 2. The third-order valence-electron chi connectivity index (χ3n) is 3.47. The van der Waals surface area contributed by atoms with Crippen LogP contribution in [-0.4, -0.2) is 39.7 Å². The second-order valence-electron chi connectivity index (χ2n) is 5.09. The van der Waals surface area contributed by atoms with Gasteiger partial charge in [-0.3, -0.25) is 19.6 Å². The Morgan fingerprint density at radius 2 is 2.50 bits per heavy atom. The highest BCUT2D eigenvalue weighted by Gasteiger charge is 2.24. The van der Waals surface area contributed by atoms with E-state index in [0.717, 1.165) is 19.4 Å². The van der Waals surface area contributed by atoms with Crippen molar-refractivity contribution in [1.29, 1.82) is 0 Å². The summed E-state index contributed by atoms with van der Waals surface area (Å²) in [6.07, 6.45) is 4.26. The largest absolute Gasteiger partial charge is 0.354 e. The normalized spacial score (nSPS) is 22.4. The Morgan fingerprint density at radius 1 is 1.70 bits per heavy atom. The standard InChI is InChI=1S/C12H19N5O3/c1-9-6-10(2-3-13-9)12(18)14-4-5-16-8-11(7-15-16)17(19)20/h7-10,13H,2-6H2,1H3,(H,14,18)/t9-,10-/m0/s1. The molecule has 20 heavy (non-hydrogen) atoms. The maximum absolute atomic E-state index is 12.0. The number of carbonyl (C=O) groups excluding carboxylic acids is 1. The van der Waals surface area contributed by atoms with Gasteiger partial charge in [-0.05, 0) is 26.3 Å². The van der Waals surface area contributed by atoms with Gasteiger partial charge in [0.05, 0.1) is 11.5 Å². The Kier molecular flexibility index (Phi) is 4.67. The summed E-state index contributed by atoms with van der Waals surface area (Å²) in [5, 5.41) is 20.5. The zero-order chi connectivity index (χ0) is 14.5. The fraction of sp³-hybridized carbons (Fsp3) is 0.667. The lowest BCUT2D eigenvalue weighted by Crippen LogP contribution is -2.43. The van der Waals surface area contributed by atoms with Gasteiger partial charge in [0.25, 0.3) is 0 Å². The quantitative estimate of drug-likeness (QED) is 0.597. The van der Waals surface area contributed by atoms with Crippen LogP contribution in [-0.2, 0) is 11.3 Å². The van der Waals surface area contributed by atoms with Gasteiger partial charge >= 0.3 is 5.69 Å². The van der Waals surface area contributed by atoms with E-state index in [9.17, 15) is 14.9 Å². The number of nitro groups is 1. The predicted octanol–water partition coefficient (Wildman–Crippen LogP) is 0.296. The summed E-state index contributed by atoms with van der Waals surface area (Å²) in [4.78, 5) is 22.0. The van der Waals surface area contributed by atoms with Crippen molar-refractivity contribution in [2.24, 2.45) is 5.92 Å². The molecule has 1 amide bonds. The van der Waals surface area contributed by atoms with Crippen molar-refractivity contribution < 1.29 is 9.72 Å². The molecule has 0 unspecified atom stereocenters. The van der Waals surface area contributed by atoms with Crippen molar-refractivity contribution in [3.63, 3.8) is 0 Å². The van der Waals surface area contributed by atoms with Gasteiger partial charge in [-0.2, -0.15) is 5.10 Å². The maximum atomic E-state index is 12.0. The van der Waals surface area contributed by atoms with Gasteiger partial charge in [0.15, 0.2) is 0 Å². The van der Waals surface area contributed by atoms with Crippen LogP contribution in [0.1, 0.15) is 19.8 Å². The lowest BCUT2D eigenvalue weighted by molar-refractivity contribution is -0.385. The van der Waals surface area contributed by atoms with Crippen LogP contribution in [0.5, 0.6) is 0 Å². The predicted molar refractivity (Wildman–Crippen MR) is 72.1 cm³/mol. The van der Waals surface area contributed by atoms with Gasteiger partial charge in [0.1, 0.15) is 12.4 Å². The summed E-state index contributed by atoms with van der Waals surface area (Å²) in [5.74, 6) is 0.109. The summed E-state index contributed by atoms with van der Waals surface area (Å²) >= 11 is 0. The van der Waals surface area contributed by atoms with E-state index in [0.29, 0.717) is 19.1 Å². The van der Waals surface area contributed by atoms with Gasteiger partial charge in [-0.1, -0.05) is 0 Å². The highest BCUT2D eigenvalue weighted by atomic mass is 16.6. The van der Waals surface area contributed by atoms with E-state index in [-0.39, 0.29) is 17.5 Å². The highest BCUT2D eigenvalue weighted by molar-refractivity contribution is 5.78. The molecule has 0 aliphatic carbocycles. The fourth-order valence-electron chi connectivity index (χ4n) is 2.38. The van der Waals surface area contributed by atoms with Crippen molar-refractivity contribution in [2.75, 3.05) is 13.1 Å². The van der Waals surface area contributed by atoms with Crippen molar-refractivity contribution in [1.82, 2.24) is 20.4 Å². The van der Waals surface area contributed by atoms with Crippen LogP contribution in [0.4, 0.5) is 5.69 Å². The Hall–Kier alpha value is -1.96.